The van der Waals surface area contributed by atoms with Crippen molar-refractivity contribution in [2.24, 2.45) is 0 Å². The molecule has 0 bridgehead atoms. The summed E-state index contributed by atoms with van der Waals surface area (Å²) in [5.41, 5.74) is 1.55. The van der Waals surface area contributed by atoms with E-state index in [4.69, 9.17) is 17.0 Å². The average Bonchev–Trinajstić information content (AvgIpc) is 3.08. The van der Waals surface area contributed by atoms with E-state index in [9.17, 15) is 4.79 Å². The average molecular weight is 413 g/mol. The molecular formula is C20H24N6O2S. The van der Waals surface area contributed by atoms with Gasteiger partial charge in [0.2, 0.25) is 5.91 Å². The van der Waals surface area contributed by atoms with Gasteiger partial charge < -0.3 is 15.0 Å². The molecule has 152 valence electrons. The minimum atomic E-state index is -0.120. The molecule has 2 heterocycles. The Morgan fingerprint density at radius 2 is 2.00 bits per heavy atom. The molecule has 9 heteroatoms. The largest absolute Gasteiger partial charge is 0.494 e. The number of aromatic nitrogens is 4. The van der Waals surface area contributed by atoms with Crippen LogP contribution < -0.4 is 15.0 Å². The molecule has 8 nitrogen and oxygen atoms in total. The molecule has 3 rings (SSSR count). The van der Waals surface area contributed by atoms with Gasteiger partial charge in [-0.25, -0.2) is 4.98 Å². The van der Waals surface area contributed by atoms with Crippen LogP contribution in [0.4, 0.5) is 11.5 Å². The summed E-state index contributed by atoms with van der Waals surface area (Å²) in [6, 6.07) is 11.3. The number of amides is 1. The second-order valence-electron chi connectivity index (χ2n) is 6.56. The van der Waals surface area contributed by atoms with Crippen LogP contribution in [0, 0.1) is 4.77 Å². The molecule has 0 saturated heterocycles. The number of pyridine rings is 1. The predicted octanol–water partition coefficient (Wildman–Crippen LogP) is 3.50. The number of ether oxygens (including phenoxy) is 1. The van der Waals surface area contributed by atoms with Crippen molar-refractivity contribution < 1.29 is 9.53 Å². The highest BCUT2D eigenvalue weighted by molar-refractivity contribution is 7.71. The van der Waals surface area contributed by atoms with Crippen LogP contribution in [0.25, 0.3) is 11.4 Å². The summed E-state index contributed by atoms with van der Waals surface area (Å²) in [5.74, 6) is 2.19. The maximum Gasteiger partial charge on any atom is 0.226 e. The summed E-state index contributed by atoms with van der Waals surface area (Å²) in [5, 5.41) is 9.97. The summed E-state index contributed by atoms with van der Waals surface area (Å²) >= 11 is 5.33. The van der Waals surface area contributed by atoms with E-state index < -0.39 is 0 Å². The maximum atomic E-state index is 12.4. The van der Waals surface area contributed by atoms with Crippen LogP contribution in [-0.2, 0) is 11.3 Å². The highest BCUT2D eigenvalue weighted by Crippen LogP contribution is 2.21. The monoisotopic (exact) mass is 412 g/mol. The molecule has 0 saturated carbocycles. The molecule has 2 aromatic heterocycles. The Hall–Kier alpha value is -3.20. The number of H-pyrrole nitrogens is 1. The second kappa shape index (κ2) is 9.33. The first-order chi connectivity index (χ1) is 14.0. The van der Waals surface area contributed by atoms with Crippen molar-refractivity contribution >= 4 is 29.6 Å². The van der Waals surface area contributed by atoms with Gasteiger partial charge in [-0.05, 0) is 55.5 Å². The molecular weight excluding hydrogens is 388 g/mol. The minimum absolute atomic E-state index is 0.120. The molecule has 1 aromatic carbocycles. The first kappa shape index (κ1) is 20.5. The summed E-state index contributed by atoms with van der Waals surface area (Å²) in [6.45, 7) is 2.96. The van der Waals surface area contributed by atoms with Crippen LogP contribution in [0.2, 0.25) is 0 Å². The van der Waals surface area contributed by atoms with Crippen molar-refractivity contribution in [3.05, 3.63) is 47.4 Å². The SMILES string of the molecule is CCOc1ccc(-c2n[nH]c(=S)n2CCC(=O)Nc2ccc(N(C)C)nc2)cc1. The van der Waals surface area contributed by atoms with Crippen molar-refractivity contribution in [2.45, 2.75) is 19.9 Å². The van der Waals surface area contributed by atoms with Crippen LogP contribution >= 0.6 is 12.2 Å². The number of hydrogen-bond acceptors (Lipinski definition) is 6. The van der Waals surface area contributed by atoms with E-state index in [2.05, 4.69) is 20.5 Å². The van der Waals surface area contributed by atoms with Gasteiger partial charge >= 0.3 is 0 Å². The third-order valence-corrected chi connectivity index (χ3v) is 4.55. The summed E-state index contributed by atoms with van der Waals surface area (Å²) in [7, 11) is 3.83. The fraction of sp³-hybridized carbons (Fsp3) is 0.300. The quantitative estimate of drug-likeness (QED) is 0.551. The zero-order valence-corrected chi connectivity index (χ0v) is 17.5. The molecule has 0 aliphatic carbocycles. The smallest absolute Gasteiger partial charge is 0.226 e. The van der Waals surface area contributed by atoms with E-state index in [-0.39, 0.29) is 12.3 Å². The lowest BCUT2D eigenvalue weighted by Crippen LogP contribution is -2.16. The van der Waals surface area contributed by atoms with Gasteiger partial charge in [-0.15, -0.1) is 0 Å². The van der Waals surface area contributed by atoms with Gasteiger partial charge in [-0.2, -0.15) is 5.10 Å². The highest BCUT2D eigenvalue weighted by Gasteiger charge is 2.11. The van der Waals surface area contributed by atoms with Gasteiger partial charge in [-0.1, -0.05) is 0 Å². The van der Waals surface area contributed by atoms with Gasteiger partial charge in [0.15, 0.2) is 10.6 Å². The highest BCUT2D eigenvalue weighted by atomic mass is 32.1. The zero-order chi connectivity index (χ0) is 20.8. The molecule has 0 unspecified atom stereocenters. The van der Waals surface area contributed by atoms with E-state index in [0.29, 0.717) is 29.4 Å². The van der Waals surface area contributed by atoms with Crippen molar-refractivity contribution in [3.63, 3.8) is 0 Å². The molecule has 0 atom stereocenters. The Labute approximate surface area is 174 Å². The number of anilines is 2. The number of nitrogens with one attached hydrogen (secondary N) is 2. The van der Waals surface area contributed by atoms with Gasteiger partial charge in [0.1, 0.15) is 11.6 Å². The lowest BCUT2D eigenvalue weighted by molar-refractivity contribution is -0.116. The second-order valence-corrected chi connectivity index (χ2v) is 6.95. The number of hydrogen-bond donors (Lipinski definition) is 2. The fourth-order valence-electron chi connectivity index (χ4n) is 2.77. The van der Waals surface area contributed by atoms with Gasteiger partial charge in [0.05, 0.1) is 18.5 Å². The van der Waals surface area contributed by atoms with E-state index in [1.54, 1.807) is 6.20 Å². The minimum Gasteiger partial charge on any atom is -0.494 e. The van der Waals surface area contributed by atoms with Crippen molar-refractivity contribution in [1.82, 2.24) is 19.7 Å². The standard InChI is InChI=1S/C20H24N6O2S/c1-4-28-16-8-5-14(6-9-16)19-23-24-20(29)26(19)12-11-18(27)22-15-7-10-17(21-13-15)25(2)3/h5-10,13H,4,11-12H2,1-3H3,(H,22,27)(H,24,29). The van der Waals surface area contributed by atoms with Crippen LogP contribution in [0.3, 0.4) is 0 Å². The molecule has 0 spiro atoms. The Morgan fingerprint density at radius 3 is 2.62 bits per heavy atom. The third kappa shape index (κ3) is 5.20. The number of nitrogens with zero attached hydrogens (tertiary/aromatic N) is 4. The predicted molar refractivity (Wildman–Crippen MR) is 116 cm³/mol. The number of carbonyl (C=O) groups is 1. The molecule has 0 aliphatic rings. The van der Waals surface area contributed by atoms with Crippen LogP contribution in [0.15, 0.2) is 42.6 Å². The van der Waals surface area contributed by atoms with E-state index in [1.165, 1.54) is 0 Å². The topological polar surface area (TPSA) is 88.1 Å². The molecule has 29 heavy (non-hydrogen) atoms. The Kier molecular flexibility index (Phi) is 6.61. The van der Waals surface area contributed by atoms with Crippen molar-refractivity contribution in [2.75, 3.05) is 30.9 Å². The van der Waals surface area contributed by atoms with Gasteiger partial charge in [0.25, 0.3) is 0 Å². The molecule has 1 amide bonds. The third-order valence-electron chi connectivity index (χ3n) is 4.23. The fourth-order valence-corrected chi connectivity index (χ4v) is 3.00. The Bertz CT molecular complexity index is 1010. The number of aromatic amines is 1. The molecule has 0 aliphatic heterocycles. The zero-order valence-electron chi connectivity index (χ0n) is 16.7. The molecule has 0 fully saturated rings. The molecule has 2 N–H and O–H groups in total. The van der Waals surface area contributed by atoms with Crippen molar-refractivity contribution in [3.8, 4) is 17.1 Å². The Balaban J connectivity index is 1.65. The normalized spacial score (nSPS) is 10.6. The summed E-state index contributed by atoms with van der Waals surface area (Å²) in [6.07, 6.45) is 1.90. The lowest BCUT2D eigenvalue weighted by atomic mass is 10.2. The van der Waals surface area contributed by atoms with Gasteiger partial charge in [0, 0.05) is 32.6 Å². The van der Waals surface area contributed by atoms with E-state index in [0.717, 1.165) is 17.1 Å². The number of carbonyl (C=O) groups excluding carboxylic acids is 1. The lowest BCUT2D eigenvalue weighted by Gasteiger charge is -2.12. The number of rotatable bonds is 8. The Morgan fingerprint density at radius 1 is 1.24 bits per heavy atom. The van der Waals surface area contributed by atoms with E-state index >= 15 is 0 Å². The van der Waals surface area contributed by atoms with Crippen molar-refractivity contribution in [1.29, 1.82) is 0 Å². The number of benzene rings is 1. The van der Waals surface area contributed by atoms with E-state index in [1.807, 2.05) is 66.9 Å². The molecule has 3 aromatic rings. The maximum absolute atomic E-state index is 12.4. The van der Waals surface area contributed by atoms with Crippen LogP contribution in [0.1, 0.15) is 13.3 Å². The summed E-state index contributed by atoms with van der Waals surface area (Å²) < 4.78 is 7.76. The summed E-state index contributed by atoms with van der Waals surface area (Å²) in [4.78, 5) is 18.5. The van der Waals surface area contributed by atoms with Gasteiger partial charge in [-0.3, -0.25) is 14.5 Å². The first-order valence-corrected chi connectivity index (χ1v) is 9.70. The molecule has 0 radical (unpaired) electrons. The van der Waals surface area contributed by atoms with Crippen LogP contribution in [-0.4, -0.2) is 46.4 Å². The first-order valence-electron chi connectivity index (χ1n) is 9.29. The van der Waals surface area contributed by atoms with Crippen LogP contribution in [0.5, 0.6) is 5.75 Å².